The first-order valence-electron chi connectivity index (χ1n) is 6.55. The van der Waals surface area contributed by atoms with Crippen LogP contribution < -0.4 is 5.32 Å². The second-order valence-electron chi connectivity index (χ2n) is 4.82. The Morgan fingerprint density at radius 3 is 2.27 bits per heavy atom. The van der Waals surface area contributed by atoms with Gasteiger partial charge in [0.15, 0.2) is 17.5 Å². The van der Waals surface area contributed by atoms with E-state index in [0.29, 0.717) is 5.69 Å². The van der Waals surface area contributed by atoms with Crippen LogP contribution in [0.25, 0.3) is 0 Å². The van der Waals surface area contributed by atoms with Crippen LogP contribution in [0.2, 0.25) is 0 Å². The van der Waals surface area contributed by atoms with Crippen molar-refractivity contribution in [1.29, 1.82) is 0 Å². The molecule has 118 valence electrons. The maximum atomic E-state index is 13.3. The lowest BCUT2D eigenvalue weighted by Crippen LogP contribution is -2.28. The summed E-state index contributed by atoms with van der Waals surface area (Å²) >= 11 is 0. The lowest BCUT2D eigenvalue weighted by Gasteiger charge is -2.22. The number of nitrogens with one attached hydrogen (secondary N) is 1. The predicted molar refractivity (Wildman–Crippen MR) is 71.9 cm³/mol. The SMILES string of the molecule is CC(NC(CO)c1cc(F)c(F)c(F)c1)c1ccc(F)cn1. The summed E-state index contributed by atoms with van der Waals surface area (Å²) in [6.45, 7) is 1.23. The molecule has 2 atom stereocenters. The van der Waals surface area contributed by atoms with E-state index < -0.39 is 42.0 Å². The van der Waals surface area contributed by atoms with Crippen LogP contribution in [-0.2, 0) is 0 Å². The average molecular weight is 314 g/mol. The Balaban J connectivity index is 2.20. The molecule has 0 spiro atoms. The Morgan fingerprint density at radius 1 is 1.14 bits per heavy atom. The number of aliphatic hydroxyl groups is 1. The van der Waals surface area contributed by atoms with E-state index in [1.807, 2.05) is 0 Å². The summed E-state index contributed by atoms with van der Waals surface area (Å²) in [6.07, 6.45) is 1.04. The highest BCUT2D eigenvalue weighted by Crippen LogP contribution is 2.22. The van der Waals surface area contributed by atoms with Crippen LogP contribution >= 0.6 is 0 Å². The number of halogens is 4. The molecule has 3 nitrogen and oxygen atoms in total. The van der Waals surface area contributed by atoms with Crippen LogP contribution in [0, 0.1) is 23.3 Å². The molecular formula is C15H14F4N2O. The smallest absolute Gasteiger partial charge is 0.194 e. The van der Waals surface area contributed by atoms with Gasteiger partial charge < -0.3 is 5.11 Å². The van der Waals surface area contributed by atoms with E-state index in [0.717, 1.165) is 18.3 Å². The monoisotopic (exact) mass is 314 g/mol. The molecule has 0 aliphatic rings. The minimum atomic E-state index is -1.56. The third kappa shape index (κ3) is 3.61. The van der Waals surface area contributed by atoms with Crippen molar-refractivity contribution in [2.45, 2.75) is 19.0 Å². The molecule has 7 heteroatoms. The molecule has 0 bridgehead atoms. The van der Waals surface area contributed by atoms with Crippen molar-refractivity contribution in [2.75, 3.05) is 6.61 Å². The normalized spacial score (nSPS) is 13.9. The van der Waals surface area contributed by atoms with Crippen LogP contribution in [-0.4, -0.2) is 16.7 Å². The number of hydrogen-bond acceptors (Lipinski definition) is 3. The molecule has 0 aliphatic carbocycles. The van der Waals surface area contributed by atoms with Crippen LogP contribution in [0.3, 0.4) is 0 Å². The highest BCUT2D eigenvalue weighted by atomic mass is 19.2. The summed E-state index contributed by atoms with van der Waals surface area (Å²) in [5.41, 5.74) is 0.552. The van der Waals surface area contributed by atoms with Crippen molar-refractivity contribution in [2.24, 2.45) is 0 Å². The molecule has 0 saturated carbocycles. The van der Waals surface area contributed by atoms with Gasteiger partial charge in [-0.2, -0.15) is 0 Å². The summed E-state index contributed by atoms with van der Waals surface area (Å²) in [5, 5.41) is 12.3. The molecule has 2 unspecified atom stereocenters. The number of benzene rings is 1. The summed E-state index contributed by atoms with van der Waals surface area (Å²) < 4.78 is 52.3. The van der Waals surface area contributed by atoms with Gasteiger partial charge in [-0.15, -0.1) is 0 Å². The highest BCUT2D eigenvalue weighted by Gasteiger charge is 2.19. The lowest BCUT2D eigenvalue weighted by molar-refractivity contribution is 0.234. The predicted octanol–water partition coefficient (Wildman–Crippen LogP) is 3.02. The van der Waals surface area contributed by atoms with Crippen molar-refractivity contribution >= 4 is 0 Å². The van der Waals surface area contributed by atoms with E-state index in [4.69, 9.17) is 0 Å². The fourth-order valence-corrected chi connectivity index (χ4v) is 2.06. The first-order chi connectivity index (χ1) is 10.4. The van der Waals surface area contributed by atoms with E-state index in [1.165, 1.54) is 12.1 Å². The molecule has 1 aromatic carbocycles. The number of rotatable bonds is 5. The van der Waals surface area contributed by atoms with Gasteiger partial charge in [-0.1, -0.05) is 0 Å². The highest BCUT2D eigenvalue weighted by molar-refractivity contribution is 5.23. The molecule has 2 N–H and O–H groups in total. The van der Waals surface area contributed by atoms with Gasteiger partial charge in [-0.25, -0.2) is 17.6 Å². The maximum Gasteiger partial charge on any atom is 0.194 e. The number of hydrogen-bond donors (Lipinski definition) is 2. The molecular weight excluding hydrogens is 300 g/mol. The van der Waals surface area contributed by atoms with E-state index in [-0.39, 0.29) is 5.56 Å². The summed E-state index contributed by atoms with van der Waals surface area (Å²) in [5.74, 6) is -4.71. The van der Waals surface area contributed by atoms with E-state index in [9.17, 15) is 22.7 Å². The minimum Gasteiger partial charge on any atom is -0.394 e. The first-order valence-corrected chi connectivity index (χ1v) is 6.55. The van der Waals surface area contributed by atoms with Gasteiger partial charge >= 0.3 is 0 Å². The first kappa shape index (κ1) is 16.4. The molecule has 1 heterocycles. The zero-order chi connectivity index (χ0) is 16.3. The molecule has 1 aromatic heterocycles. The third-order valence-corrected chi connectivity index (χ3v) is 3.24. The van der Waals surface area contributed by atoms with Crippen LogP contribution in [0.4, 0.5) is 17.6 Å². The van der Waals surface area contributed by atoms with Gasteiger partial charge in [-0.05, 0) is 36.8 Å². The van der Waals surface area contributed by atoms with Crippen molar-refractivity contribution < 1.29 is 22.7 Å². The van der Waals surface area contributed by atoms with Gasteiger partial charge in [0.1, 0.15) is 5.82 Å². The molecule has 0 saturated heterocycles. The summed E-state index contributed by atoms with van der Waals surface area (Å²) in [6, 6.07) is 3.06. The Bertz CT molecular complexity index is 625. The molecule has 0 aliphatic heterocycles. The number of nitrogens with zero attached hydrogens (tertiary/aromatic N) is 1. The second kappa shape index (κ2) is 6.85. The van der Waals surface area contributed by atoms with Crippen LogP contribution in [0.15, 0.2) is 30.5 Å². The van der Waals surface area contributed by atoms with Gasteiger partial charge in [0, 0.05) is 6.04 Å². The molecule has 0 amide bonds. The number of aromatic nitrogens is 1. The average Bonchev–Trinajstić information content (AvgIpc) is 2.50. The third-order valence-electron chi connectivity index (χ3n) is 3.24. The van der Waals surface area contributed by atoms with E-state index in [1.54, 1.807) is 6.92 Å². The summed E-state index contributed by atoms with van der Waals surface area (Å²) in [7, 11) is 0. The molecule has 22 heavy (non-hydrogen) atoms. The topological polar surface area (TPSA) is 45.1 Å². The quantitative estimate of drug-likeness (QED) is 0.659. The fraction of sp³-hybridized carbons (Fsp3) is 0.267. The maximum absolute atomic E-state index is 13.3. The lowest BCUT2D eigenvalue weighted by atomic mass is 10.0. The van der Waals surface area contributed by atoms with Crippen molar-refractivity contribution in [3.63, 3.8) is 0 Å². The fourth-order valence-electron chi connectivity index (χ4n) is 2.06. The van der Waals surface area contributed by atoms with E-state index >= 15 is 0 Å². The van der Waals surface area contributed by atoms with Gasteiger partial charge in [0.2, 0.25) is 0 Å². The van der Waals surface area contributed by atoms with Gasteiger partial charge in [0.25, 0.3) is 0 Å². The second-order valence-corrected chi connectivity index (χ2v) is 4.82. The van der Waals surface area contributed by atoms with Crippen molar-refractivity contribution in [3.8, 4) is 0 Å². The zero-order valence-electron chi connectivity index (χ0n) is 11.7. The molecule has 0 fully saturated rings. The van der Waals surface area contributed by atoms with Gasteiger partial charge in [0.05, 0.1) is 24.5 Å². The Hall–Kier alpha value is -1.99. The van der Waals surface area contributed by atoms with Crippen LogP contribution in [0.1, 0.15) is 30.3 Å². The molecule has 0 radical (unpaired) electrons. The Labute approximate surface area is 124 Å². The van der Waals surface area contributed by atoms with Crippen molar-refractivity contribution in [1.82, 2.24) is 10.3 Å². The Morgan fingerprint density at radius 2 is 1.77 bits per heavy atom. The number of aliphatic hydroxyl groups excluding tert-OH is 1. The standard InChI is InChI=1S/C15H14F4N2O/c1-8(13-3-2-10(16)6-20-13)21-14(7-22)9-4-11(17)15(19)12(18)5-9/h2-6,8,14,21-22H,7H2,1H3. The molecule has 2 rings (SSSR count). The Kier molecular flexibility index (Phi) is 5.10. The summed E-state index contributed by atoms with van der Waals surface area (Å²) in [4.78, 5) is 3.88. The van der Waals surface area contributed by atoms with Crippen LogP contribution in [0.5, 0.6) is 0 Å². The molecule has 2 aromatic rings. The zero-order valence-corrected chi connectivity index (χ0v) is 11.7. The van der Waals surface area contributed by atoms with Crippen molar-refractivity contribution in [3.05, 3.63) is 65.0 Å². The van der Waals surface area contributed by atoms with Gasteiger partial charge in [-0.3, -0.25) is 10.3 Å². The number of pyridine rings is 1. The van der Waals surface area contributed by atoms with E-state index in [2.05, 4.69) is 10.3 Å². The minimum absolute atomic E-state index is 0.0628. The largest absolute Gasteiger partial charge is 0.394 e.